The Balaban J connectivity index is 1.61. The lowest BCUT2D eigenvalue weighted by Gasteiger charge is -2.15. The largest absolute Gasteiger partial charge is 0.341 e. The van der Waals surface area contributed by atoms with Crippen molar-refractivity contribution in [3.63, 3.8) is 0 Å². The van der Waals surface area contributed by atoms with Gasteiger partial charge in [-0.05, 0) is 49.9 Å². The van der Waals surface area contributed by atoms with Crippen molar-refractivity contribution in [2.45, 2.75) is 33.2 Å². The van der Waals surface area contributed by atoms with Crippen molar-refractivity contribution in [2.75, 3.05) is 18.4 Å². The van der Waals surface area contributed by atoms with Crippen LogP contribution in [0.15, 0.2) is 48.7 Å². The molecule has 6 nitrogen and oxygen atoms in total. The van der Waals surface area contributed by atoms with Gasteiger partial charge in [0.05, 0.1) is 5.56 Å². The Morgan fingerprint density at radius 1 is 1.00 bits per heavy atom. The summed E-state index contributed by atoms with van der Waals surface area (Å²) in [6, 6.07) is 13.1. The minimum Gasteiger partial charge on any atom is -0.341 e. The zero-order valence-electron chi connectivity index (χ0n) is 17.3. The number of rotatable bonds is 5. The number of benzene rings is 2. The molecule has 3 aromatic rings. The first-order valence-electron chi connectivity index (χ1n) is 10.2. The topological polar surface area (TPSA) is 71.4 Å². The maximum absolute atomic E-state index is 13.0. The molecule has 1 fully saturated rings. The number of nitrogens with one attached hydrogen (secondary N) is 1. The van der Waals surface area contributed by atoms with Crippen LogP contribution in [0.5, 0.6) is 0 Å². The second-order valence-electron chi connectivity index (χ2n) is 7.88. The van der Waals surface area contributed by atoms with Gasteiger partial charge in [-0.3, -0.25) is 14.4 Å². The highest BCUT2D eigenvalue weighted by Crippen LogP contribution is 2.24. The van der Waals surface area contributed by atoms with Crippen LogP contribution < -0.4 is 5.32 Å². The second-order valence-corrected chi connectivity index (χ2v) is 7.88. The van der Waals surface area contributed by atoms with Gasteiger partial charge in [0.1, 0.15) is 6.54 Å². The molecule has 2 heterocycles. The van der Waals surface area contributed by atoms with E-state index in [4.69, 9.17) is 0 Å². The molecule has 0 unspecified atom stereocenters. The first kappa shape index (κ1) is 19.9. The molecule has 0 spiro atoms. The van der Waals surface area contributed by atoms with Gasteiger partial charge in [0.2, 0.25) is 5.91 Å². The summed E-state index contributed by atoms with van der Waals surface area (Å²) < 4.78 is 1.77. The first-order chi connectivity index (χ1) is 14.4. The number of hydrogen-bond donors (Lipinski definition) is 1. The third kappa shape index (κ3) is 3.85. The van der Waals surface area contributed by atoms with Crippen LogP contribution in [0.1, 0.15) is 34.3 Å². The third-order valence-electron chi connectivity index (χ3n) is 5.65. The lowest BCUT2D eigenvalue weighted by molar-refractivity contribution is -0.130. The molecule has 30 heavy (non-hydrogen) atoms. The molecule has 1 aromatic heterocycles. The Morgan fingerprint density at radius 2 is 1.73 bits per heavy atom. The summed E-state index contributed by atoms with van der Waals surface area (Å²) in [5, 5.41) is 3.41. The summed E-state index contributed by atoms with van der Waals surface area (Å²) >= 11 is 0. The average molecular weight is 403 g/mol. The average Bonchev–Trinajstić information content (AvgIpc) is 3.39. The number of para-hydroxylation sites is 1. The predicted molar refractivity (Wildman–Crippen MR) is 117 cm³/mol. The Labute approximate surface area is 175 Å². The van der Waals surface area contributed by atoms with E-state index in [0.717, 1.165) is 42.6 Å². The number of Topliss-reactive ketones (excluding diaryl/α,β-unsaturated/α-hetero) is 1. The number of nitrogens with zero attached hydrogens (tertiary/aromatic N) is 2. The third-order valence-corrected chi connectivity index (χ3v) is 5.65. The van der Waals surface area contributed by atoms with E-state index in [1.165, 1.54) is 0 Å². The van der Waals surface area contributed by atoms with E-state index >= 15 is 0 Å². The summed E-state index contributed by atoms with van der Waals surface area (Å²) in [5.41, 5.74) is 3.60. The van der Waals surface area contributed by atoms with Gasteiger partial charge in [-0.2, -0.15) is 0 Å². The molecule has 0 radical (unpaired) electrons. The molecule has 0 bridgehead atoms. The van der Waals surface area contributed by atoms with Gasteiger partial charge in [-0.25, -0.2) is 0 Å². The highest BCUT2D eigenvalue weighted by molar-refractivity contribution is 6.48. The van der Waals surface area contributed by atoms with E-state index in [1.54, 1.807) is 10.8 Å². The molecule has 0 saturated carbocycles. The second kappa shape index (κ2) is 8.14. The van der Waals surface area contributed by atoms with E-state index in [9.17, 15) is 14.4 Å². The van der Waals surface area contributed by atoms with E-state index < -0.39 is 11.7 Å². The lowest BCUT2D eigenvalue weighted by Crippen LogP contribution is -2.30. The monoisotopic (exact) mass is 403 g/mol. The predicted octanol–water partition coefficient (Wildman–Crippen LogP) is 3.70. The number of carbonyl (C=O) groups is 3. The number of amides is 2. The van der Waals surface area contributed by atoms with Gasteiger partial charge in [0.25, 0.3) is 11.7 Å². The van der Waals surface area contributed by atoms with Crippen LogP contribution >= 0.6 is 0 Å². The van der Waals surface area contributed by atoms with Crippen LogP contribution in [0.4, 0.5) is 5.69 Å². The number of aryl methyl sites for hydroxylation is 2. The van der Waals surface area contributed by atoms with Crippen LogP contribution in [-0.4, -0.2) is 40.2 Å². The van der Waals surface area contributed by atoms with E-state index in [1.807, 2.05) is 61.2 Å². The number of hydrogen-bond acceptors (Lipinski definition) is 3. The number of anilines is 1. The van der Waals surface area contributed by atoms with E-state index in [2.05, 4.69) is 5.32 Å². The van der Waals surface area contributed by atoms with Gasteiger partial charge in [-0.15, -0.1) is 0 Å². The van der Waals surface area contributed by atoms with E-state index in [0.29, 0.717) is 16.6 Å². The molecular weight excluding hydrogens is 378 g/mol. The number of ketones is 1. The van der Waals surface area contributed by atoms with E-state index in [-0.39, 0.29) is 12.5 Å². The molecule has 1 aliphatic rings. The molecule has 0 atom stereocenters. The van der Waals surface area contributed by atoms with Crippen LogP contribution in [0.3, 0.4) is 0 Å². The molecule has 1 aliphatic heterocycles. The van der Waals surface area contributed by atoms with Crippen molar-refractivity contribution < 1.29 is 14.4 Å². The van der Waals surface area contributed by atoms with Gasteiger partial charge < -0.3 is 14.8 Å². The van der Waals surface area contributed by atoms with Crippen LogP contribution in [0.25, 0.3) is 10.9 Å². The van der Waals surface area contributed by atoms with Crippen molar-refractivity contribution in [1.82, 2.24) is 9.47 Å². The number of fused-ring (bicyclic) bond motifs is 1. The zero-order chi connectivity index (χ0) is 21.3. The maximum Gasteiger partial charge on any atom is 0.296 e. The Hall–Kier alpha value is -3.41. The minimum atomic E-state index is -0.683. The summed E-state index contributed by atoms with van der Waals surface area (Å²) in [5.74, 6) is -1.26. The van der Waals surface area contributed by atoms with Crippen molar-refractivity contribution >= 4 is 34.2 Å². The minimum absolute atomic E-state index is 0.0343. The molecule has 154 valence electrons. The van der Waals surface area contributed by atoms with Crippen LogP contribution in [-0.2, 0) is 16.1 Å². The molecule has 6 heteroatoms. The Bertz CT molecular complexity index is 1140. The summed E-state index contributed by atoms with van der Waals surface area (Å²) in [6.07, 6.45) is 3.69. The van der Waals surface area contributed by atoms with Crippen molar-refractivity contribution in [2.24, 2.45) is 0 Å². The van der Waals surface area contributed by atoms with Gasteiger partial charge in [0, 0.05) is 35.9 Å². The fourth-order valence-electron chi connectivity index (χ4n) is 3.94. The number of aromatic nitrogens is 1. The zero-order valence-corrected chi connectivity index (χ0v) is 17.3. The van der Waals surface area contributed by atoms with Crippen molar-refractivity contribution in [3.05, 3.63) is 65.4 Å². The summed E-state index contributed by atoms with van der Waals surface area (Å²) in [6.45, 7) is 5.54. The van der Waals surface area contributed by atoms with Crippen LogP contribution in [0, 0.1) is 13.8 Å². The number of carbonyl (C=O) groups excluding carboxylic acids is 3. The molecule has 2 amide bonds. The normalized spacial score (nSPS) is 13.6. The SMILES string of the molecule is Cc1ccc(C)c(NC(=O)C(=O)c2cn(CC(=O)N3CCCC3)c3ccccc23)c1. The quantitative estimate of drug-likeness (QED) is 0.522. The Kier molecular flexibility index (Phi) is 5.40. The fourth-order valence-corrected chi connectivity index (χ4v) is 3.94. The van der Waals surface area contributed by atoms with Crippen molar-refractivity contribution in [1.29, 1.82) is 0 Å². The highest BCUT2D eigenvalue weighted by Gasteiger charge is 2.24. The van der Waals surface area contributed by atoms with Gasteiger partial charge >= 0.3 is 0 Å². The maximum atomic E-state index is 13.0. The summed E-state index contributed by atoms with van der Waals surface area (Å²) in [4.78, 5) is 40.2. The first-order valence-corrected chi connectivity index (χ1v) is 10.2. The standard InChI is InChI=1S/C24H25N3O3/c1-16-9-10-17(2)20(13-16)25-24(30)23(29)19-14-27(21-8-4-3-7-18(19)21)15-22(28)26-11-5-6-12-26/h3-4,7-10,13-14H,5-6,11-12,15H2,1-2H3,(H,25,30). The van der Waals surface area contributed by atoms with Crippen LogP contribution in [0.2, 0.25) is 0 Å². The molecule has 2 aromatic carbocycles. The molecule has 1 saturated heterocycles. The molecule has 4 rings (SSSR count). The van der Waals surface area contributed by atoms with Gasteiger partial charge in [-0.1, -0.05) is 30.3 Å². The fraction of sp³-hybridized carbons (Fsp3) is 0.292. The summed E-state index contributed by atoms with van der Waals surface area (Å²) in [7, 11) is 0. The highest BCUT2D eigenvalue weighted by atomic mass is 16.2. The number of likely N-dealkylation sites (tertiary alicyclic amines) is 1. The van der Waals surface area contributed by atoms with Crippen molar-refractivity contribution in [3.8, 4) is 0 Å². The molecular formula is C24H25N3O3. The molecule has 1 N–H and O–H groups in total. The molecule has 0 aliphatic carbocycles. The van der Waals surface area contributed by atoms with Gasteiger partial charge in [0.15, 0.2) is 0 Å². The Morgan fingerprint density at radius 3 is 2.50 bits per heavy atom. The smallest absolute Gasteiger partial charge is 0.296 e. The lowest BCUT2D eigenvalue weighted by atomic mass is 10.1.